The van der Waals surface area contributed by atoms with Gasteiger partial charge in [-0.15, -0.1) is 0 Å². The molecule has 0 radical (unpaired) electrons. The molecule has 0 saturated heterocycles. The maximum absolute atomic E-state index is 11.1. The Morgan fingerprint density at radius 2 is 2.29 bits per heavy atom. The standard InChI is InChI=1S/C10H13NO3/c1-2-14-10(13)9(12)8(6-11)7-4-3-5-7/h7,12H,2-5H2,1H3/b9-8-. The summed E-state index contributed by atoms with van der Waals surface area (Å²) in [5.74, 6) is -1.26. The van der Waals surface area contributed by atoms with Crippen molar-refractivity contribution in [1.82, 2.24) is 0 Å². The minimum atomic E-state index is -0.795. The molecule has 14 heavy (non-hydrogen) atoms. The van der Waals surface area contributed by atoms with E-state index in [2.05, 4.69) is 4.74 Å². The lowest BCUT2D eigenvalue weighted by molar-refractivity contribution is -0.141. The van der Waals surface area contributed by atoms with E-state index in [1.165, 1.54) is 0 Å². The predicted molar refractivity (Wildman–Crippen MR) is 49.2 cm³/mol. The van der Waals surface area contributed by atoms with Gasteiger partial charge < -0.3 is 9.84 Å². The fourth-order valence-corrected chi connectivity index (χ4v) is 1.34. The molecule has 0 aliphatic heterocycles. The minimum Gasteiger partial charge on any atom is -0.501 e. The molecule has 4 heteroatoms. The number of esters is 1. The van der Waals surface area contributed by atoms with Crippen LogP contribution in [0.2, 0.25) is 0 Å². The maximum atomic E-state index is 11.1. The summed E-state index contributed by atoms with van der Waals surface area (Å²) < 4.78 is 4.61. The summed E-state index contributed by atoms with van der Waals surface area (Å²) in [5, 5.41) is 18.2. The minimum absolute atomic E-state index is 0.0457. The zero-order valence-electron chi connectivity index (χ0n) is 8.12. The third kappa shape index (κ3) is 2.05. The zero-order valence-corrected chi connectivity index (χ0v) is 8.12. The number of nitriles is 1. The number of hydrogen-bond acceptors (Lipinski definition) is 4. The number of aliphatic hydroxyl groups is 1. The molecule has 1 fully saturated rings. The van der Waals surface area contributed by atoms with Crippen LogP contribution in [0.5, 0.6) is 0 Å². The van der Waals surface area contributed by atoms with Crippen LogP contribution >= 0.6 is 0 Å². The first kappa shape index (κ1) is 10.6. The summed E-state index contributed by atoms with van der Waals surface area (Å²) in [4.78, 5) is 11.1. The van der Waals surface area contributed by atoms with Crippen molar-refractivity contribution in [1.29, 1.82) is 5.26 Å². The number of ether oxygens (including phenoxy) is 1. The fraction of sp³-hybridized carbons (Fsp3) is 0.600. The highest BCUT2D eigenvalue weighted by molar-refractivity contribution is 5.87. The van der Waals surface area contributed by atoms with Crippen LogP contribution in [0, 0.1) is 17.2 Å². The van der Waals surface area contributed by atoms with Gasteiger partial charge in [0, 0.05) is 0 Å². The number of allylic oxidation sites excluding steroid dienone is 1. The SMILES string of the molecule is CCOC(=O)/C(O)=C(\C#N)C1CCC1. The van der Waals surface area contributed by atoms with Crippen molar-refractivity contribution in [2.24, 2.45) is 5.92 Å². The number of hydrogen-bond donors (Lipinski definition) is 1. The van der Waals surface area contributed by atoms with E-state index in [1.54, 1.807) is 6.92 Å². The van der Waals surface area contributed by atoms with Crippen LogP contribution in [0.3, 0.4) is 0 Å². The molecule has 0 spiro atoms. The Bertz CT molecular complexity index is 297. The van der Waals surface area contributed by atoms with Gasteiger partial charge in [0.1, 0.15) is 0 Å². The summed E-state index contributed by atoms with van der Waals surface area (Å²) in [5.41, 5.74) is 0.176. The van der Waals surface area contributed by atoms with Crippen molar-refractivity contribution < 1.29 is 14.6 Å². The van der Waals surface area contributed by atoms with Crippen molar-refractivity contribution in [3.8, 4) is 6.07 Å². The molecule has 4 nitrogen and oxygen atoms in total. The van der Waals surface area contributed by atoms with Crippen molar-refractivity contribution in [2.75, 3.05) is 6.61 Å². The first-order chi connectivity index (χ1) is 6.70. The zero-order chi connectivity index (χ0) is 10.6. The van der Waals surface area contributed by atoms with Gasteiger partial charge in [0.15, 0.2) is 0 Å². The molecular formula is C10H13NO3. The fourth-order valence-electron chi connectivity index (χ4n) is 1.34. The van der Waals surface area contributed by atoms with E-state index in [1.807, 2.05) is 6.07 Å². The Labute approximate surface area is 82.8 Å². The quantitative estimate of drug-likeness (QED) is 0.322. The number of carbonyl (C=O) groups excluding carboxylic acids is 1. The molecule has 0 aromatic carbocycles. The van der Waals surface area contributed by atoms with Gasteiger partial charge >= 0.3 is 5.97 Å². The predicted octanol–water partition coefficient (Wildman–Crippen LogP) is 1.69. The molecule has 1 aliphatic rings. The molecule has 0 atom stereocenters. The lowest BCUT2D eigenvalue weighted by atomic mass is 9.79. The average Bonchev–Trinajstić information content (AvgIpc) is 2.10. The van der Waals surface area contributed by atoms with Gasteiger partial charge in [-0.1, -0.05) is 6.42 Å². The van der Waals surface area contributed by atoms with Gasteiger partial charge in [0.2, 0.25) is 5.76 Å². The summed E-state index contributed by atoms with van der Waals surface area (Å²) in [6, 6.07) is 1.87. The van der Waals surface area contributed by atoms with Gasteiger partial charge in [-0.2, -0.15) is 5.26 Å². The highest BCUT2D eigenvalue weighted by atomic mass is 16.5. The van der Waals surface area contributed by atoms with Crippen molar-refractivity contribution in [2.45, 2.75) is 26.2 Å². The summed E-state index contributed by atoms with van der Waals surface area (Å²) in [6.07, 6.45) is 2.78. The normalized spacial score (nSPS) is 17.7. The summed E-state index contributed by atoms with van der Waals surface area (Å²) in [7, 11) is 0. The second kappa shape index (κ2) is 4.66. The van der Waals surface area contributed by atoms with Gasteiger partial charge in [-0.05, 0) is 25.7 Å². The molecule has 0 unspecified atom stereocenters. The monoisotopic (exact) mass is 195 g/mol. The Morgan fingerprint density at radius 3 is 2.64 bits per heavy atom. The molecule has 1 aliphatic carbocycles. The third-order valence-corrected chi connectivity index (χ3v) is 2.36. The van der Waals surface area contributed by atoms with Crippen LogP contribution in [-0.4, -0.2) is 17.7 Å². The van der Waals surface area contributed by atoms with E-state index in [0.29, 0.717) is 0 Å². The van der Waals surface area contributed by atoms with Crippen LogP contribution in [0.15, 0.2) is 11.3 Å². The largest absolute Gasteiger partial charge is 0.501 e. The molecule has 0 aromatic heterocycles. The topological polar surface area (TPSA) is 70.3 Å². The van der Waals surface area contributed by atoms with E-state index in [-0.39, 0.29) is 18.1 Å². The molecule has 1 N–H and O–H groups in total. The van der Waals surface area contributed by atoms with Crippen LogP contribution in [0.1, 0.15) is 26.2 Å². The van der Waals surface area contributed by atoms with E-state index in [9.17, 15) is 9.90 Å². The van der Waals surface area contributed by atoms with Crippen LogP contribution in [0.4, 0.5) is 0 Å². The number of nitrogens with zero attached hydrogens (tertiary/aromatic N) is 1. The van der Waals surface area contributed by atoms with Crippen molar-refractivity contribution in [3.05, 3.63) is 11.3 Å². The average molecular weight is 195 g/mol. The first-order valence-electron chi connectivity index (χ1n) is 4.71. The first-order valence-corrected chi connectivity index (χ1v) is 4.71. The summed E-state index contributed by atoms with van der Waals surface area (Å²) in [6.45, 7) is 1.85. The second-order valence-corrected chi connectivity index (χ2v) is 3.22. The van der Waals surface area contributed by atoms with Crippen LogP contribution in [-0.2, 0) is 9.53 Å². The third-order valence-electron chi connectivity index (χ3n) is 2.36. The maximum Gasteiger partial charge on any atom is 0.374 e. The van der Waals surface area contributed by atoms with E-state index >= 15 is 0 Å². The van der Waals surface area contributed by atoms with Crippen LogP contribution < -0.4 is 0 Å². The van der Waals surface area contributed by atoms with Gasteiger partial charge in [-0.3, -0.25) is 0 Å². The Hall–Kier alpha value is -1.50. The molecule has 0 aromatic rings. The molecular weight excluding hydrogens is 182 g/mol. The second-order valence-electron chi connectivity index (χ2n) is 3.22. The van der Waals surface area contributed by atoms with Gasteiger partial charge in [-0.25, -0.2) is 4.79 Å². The number of rotatable bonds is 3. The lowest BCUT2D eigenvalue weighted by Gasteiger charge is -2.24. The highest BCUT2D eigenvalue weighted by Gasteiger charge is 2.27. The van der Waals surface area contributed by atoms with E-state index < -0.39 is 11.7 Å². The van der Waals surface area contributed by atoms with E-state index in [0.717, 1.165) is 19.3 Å². The smallest absolute Gasteiger partial charge is 0.374 e. The number of aliphatic hydroxyl groups excluding tert-OH is 1. The van der Waals surface area contributed by atoms with Crippen LogP contribution in [0.25, 0.3) is 0 Å². The lowest BCUT2D eigenvalue weighted by Crippen LogP contribution is -2.18. The van der Waals surface area contributed by atoms with Gasteiger partial charge in [0.05, 0.1) is 18.2 Å². The van der Waals surface area contributed by atoms with Crippen molar-refractivity contribution in [3.63, 3.8) is 0 Å². The molecule has 0 bridgehead atoms. The molecule has 0 heterocycles. The molecule has 76 valence electrons. The summed E-state index contributed by atoms with van der Waals surface area (Å²) >= 11 is 0. The molecule has 1 saturated carbocycles. The van der Waals surface area contributed by atoms with Gasteiger partial charge in [0.25, 0.3) is 0 Å². The highest BCUT2D eigenvalue weighted by Crippen LogP contribution is 2.34. The Balaban J connectivity index is 2.77. The Morgan fingerprint density at radius 1 is 1.64 bits per heavy atom. The molecule has 1 rings (SSSR count). The molecule has 0 amide bonds. The Kier molecular flexibility index (Phi) is 3.52. The number of carbonyl (C=O) groups is 1. The van der Waals surface area contributed by atoms with E-state index in [4.69, 9.17) is 5.26 Å². The van der Waals surface area contributed by atoms with Crippen molar-refractivity contribution >= 4 is 5.97 Å².